The van der Waals surface area contributed by atoms with Crippen molar-refractivity contribution in [3.63, 3.8) is 0 Å². The number of ether oxygens (including phenoxy) is 2. The van der Waals surface area contributed by atoms with Gasteiger partial charge in [-0.25, -0.2) is 0 Å². The number of ketones is 1. The molecule has 0 amide bonds. The Hall–Kier alpha value is -1.55. The second-order valence-electron chi connectivity index (χ2n) is 5.66. The van der Waals surface area contributed by atoms with E-state index in [-0.39, 0.29) is 24.6 Å². The van der Waals surface area contributed by atoms with Gasteiger partial charge in [0.05, 0.1) is 6.61 Å². The summed E-state index contributed by atoms with van der Waals surface area (Å²) >= 11 is 0. The number of carbonyl (C=O) groups excluding carboxylic acids is 1. The summed E-state index contributed by atoms with van der Waals surface area (Å²) in [6.07, 6.45) is -6.63. The molecule has 134 valence electrons. The molecule has 0 unspecified atom stereocenters. The first-order chi connectivity index (χ1) is 11.4. The zero-order valence-corrected chi connectivity index (χ0v) is 13.2. The van der Waals surface area contributed by atoms with Crippen LogP contribution in [0.25, 0.3) is 0 Å². The third-order valence-corrected chi connectivity index (χ3v) is 3.94. The molecule has 1 aliphatic rings. The van der Waals surface area contributed by atoms with Gasteiger partial charge in [0.2, 0.25) is 6.29 Å². The average molecular weight is 342 g/mol. The first kappa shape index (κ1) is 18.8. The second-order valence-corrected chi connectivity index (χ2v) is 5.66. The number of hydrogen-bond donors (Lipinski definition) is 5. The fourth-order valence-corrected chi connectivity index (χ4v) is 2.61. The van der Waals surface area contributed by atoms with Gasteiger partial charge < -0.3 is 35.0 Å². The molecule has 0 spiro atoms. The summed E-state index contributed by atoms with van der Waals surface area (Å²) in [5.74, 6) is 0.102. The molecule has 1 fully saturated rings. The number of rotatable bonds is 6. The van der Waals surface area contributed by atoms with E-state index in [0.29, 0.717) is 11.1 Å². The minimum Gasteiger partial charge on any atom is -0.462 e. The van der Waals surface area contributed by atoms with Gasteiger partial charge in [-0.3, -0.25) is 4.79 Å². The van der Waals surface area contributed by atoms with E-state index >= 15 is 0 Å². The summed E-state index contributed by atoms with van der Waals surface area (Å²) in [4.78, 5) is 11.6. The van der Waals surface area contributed by atoms with Crippen LogP contribution < -0.4 is 4.74 Å². The highest BCUT2D eigenvalue weighted by Gasteiger charge is 2.44. The van der Waals surface area contributed by atoms with Crippen molar-refractivity contribution in [2.24, 2.45) is 0 Å². The summed E-state index contributed by atoms with van der Waals surface area (Å²) in [7, 11) is 0. The average Bonchev–Trinajstić information content (AvgIpc) is 2.55. The Kier molecular flexibility index (Phi) is 6.27. The van der Waals surface area contributed by atoms with Gasteiger partial charge in [0.1, 0.15) is 30.2 Å². The standard InChI is InChI=1S/C16H22O8/c1-8(19)11-3-2-10(6-9(11)4-5-17)23-16-15(22)14(21)13(20)12(7-18)24-16/h2-3,6,12-18,20-22H,4-5,7H2,1H3/t12-,13-,14+,15-,16-/m1/s1. The molecule has 0 aromatic heterocycles. The molecule has 1 aromatic rings. The second kappa shape index (κ2) is 8.02. The number of aliphatic hydroxyl groups excluding tert-OH is 5. The number of benzene rings is 1. The van der Waals surface area contributed by atoms with Crippen molar-refractivity contribution in [3.8, 4) is 5.75 Å². The number of hydrogen-bond acceptors (Lipinski definition) is 8. The lowest BCUT2D eigenvalue weighted by Crippen LogP contribution is -2.60. The Labute approximate surface area is 138 Å². The first-order valence-corrected chi connectivity index (χ1v) is 7.61. The molecule has 0 saturated carbocycles. The predicted octanol–water partition coefficient (Wildman–Crippen LogP) is -1.40. The van der Waals surface area contributed by atoms with E-state index in [0.717, 1.165) is 0 Å². The van der Waals surface area contributed by atoms with Crippen molar-refractivity contribution < 1.29 is 39.8 Å². The van der Waals surface area contributed by atoms with Gasteiger partial charge >= 0.3 is 0 Å². The van der Waals surface area contributed by atoms with Gasteiger partial charge in [0, 0.05) is 12.2 Å². The minimum absolute atomic E-state index is 0.149. The molecule has 1 saturated heterocycles. The van der Waals surface area contributed by atoms with Crippen LogP contribution in [0, 0.1) is 0 Å². The molecule has 1 aromatic carbocycles. The summed E-state index contributed by atoms with van der Waals surface area (Å²) in [6, 6.07) is 4.57. The lowest BCUT2D eigenvalue weighted by Gasteiger charge is -2.39. The van der Waals surface area contributed by atoms with Crippen LogP contribution >= 0.6 is 0 Å². The Bertz CT molecular complexity index is 573. The normalized spacial score (nSPS) is 30.2. The maximum atomic E-state index is 11.6. The van der Waals surface area contributed by atoms with Crippen LogP contribution in [-0.2, 0) is 11.2 Å². The zero-order chi connectivity index (χ0) is 17.9. The van der Waals surface area contributed by atoms with Gasteiger partial charge in [-0.1, -0.05) is 0 Å². The zero-order valence-electron chi connectivity index (χ0n) is 13.2. The molecule has 5 atom stereocenters. The van der Waals surface area contributed by atoms with Crippen LogP contribution in [-0.4, -0.2) is 75.2 Å². The highest BCUT2D eigenvalue weighted by atomic mass is 16.7. The van der Waals surface area contributed by atoms with Gasteiger partial charge in [0.25, 0.3) is 0 Å². The predicted molar refractivity (Wildman–Crippen MR) is 81.6 cm³/mol. The van der Waals surface area contributed by atoms with Crippen LogP contribution in [0.1, 0.15) is 22.8 Å². The minimum atomic E-state index is -1.53. The third kappa shape index (κ3) is 3.92. The van der Waals surface area contributed by atoms with E-state index in [1.165, 1.54) is 25.1 Å². The molecule has 1 heterocycles. The molecular weight excluding hydrogens is 320 g/mol. The van der Waals surface area contributed by atoms with Crippen molar-refractivity contribution in [2.75, 3.05) is 13.2 Å². The highest BCUT2D eigenvalue weighted by Crippen LogP contribution is 2.26. The molecule has 8 nitrogen and oxygen atoms in total. The highest BCUT2D eigenvalue weighted by molar-refractivity contribution is 5.95. The van der Waals surface area contributed by atoms with E-state index in [1.807, 2.05) is 0 Å². The van der Waals surface area contributed by atoms with Crippen molar-refractivity contribution in [1.82, 2.24) is 0 Å². The van der Waals surface area contributed by atoms with E-state index < -0.39 is 37.3 Å². The lowest BCUT2D eigenvalue weighted by molar-refractivity contribution is -0.277. The fourth-order valence-electron chi connectivity index (χ4n) is 2.61. The van der Waals surface area contributed by atoms with Crippen LogP contribution in [0.4, 0.5) is 0 Å². The van der Waals surface area contributed by atoms with Crippen LogP contribution in [0.2, 0.25) is 0 Å². The van der Waals surface area contributed by atoms with Crippen molar-refractivity contribution >= 4 is 5.78 Å². The molecular formula is C16H22O8. The summed E-state index contributed by atoms with van der Waals surface area (Å²) in [5, 5.41) is 47.7. The number of Topliss-reactive ketones (excluding diaryl/α,β-unsaturated/α-hetero) is 1. The molecule has 0 aliphatic carbocycles. The Morgan fingerprint density at radius 1 is 1.17 bits per heavy atom. The van der Waals surface area contributed by atoms with Crippen molar-refractivity contribution in [1.29, 1.82) is 0 Å². The number of aliphatic hydroxyl groups is 5. The Balaban J connectivity index is 2.20. The maximum absolute atomic E-state index is 11.6. The third-order valence-electron chi connectivity index (χ3n) is 3.94. The van der Waals surface area contributed by atoms with E-state index in [2.05, 4.69) is 0 Å². The molecule has 5 N–H and O–H groups in total. The number of carbonyl (C=O) groups is 1. The van der Waals surface area contributed by atoms with Gasteiger partial charge in [-0.05, 0) is 37.1 Å². The van der Waals surface area contributed by atoms with Crippen molar-refractivity contribution in [3.05, 3.63) is 29.3 Å². The summed E-state index contributed by atoms with van der Waals surface area (Å²) in [6.45, 7) is 0.710. The van der Waals surface area contributed by atoms with Gasteiger partial charge in [-0.15, -0.1) is 0 Å². The lowest BCUT2D eigenvalue weighted by atomic mass is 9.99. The Morgan fingerprint density at radius 2 is 1.88 bits per heavy atom. The van der Waals surface area contributed by atoms with Crippen molar-refractivity contribution in [2.45, 2.75) is 44.1 Å². The van der Waals surface area contributed by atoms with Gasteiger partial charge in [0.15, 0.2) is 5.78 Å². The Morgan fingerprint density at radius 3 is 2.46 bits per heavy atom. The van der Waals surface area contributed by atoms with E-state index in [4.69, 9.17) is 19.7 Å². The van der Waals surface area contributed by atoms with Crippen LogP contribution in [0.5, 0.6) is 5.75 Å². The molecule has 0 bridgehead atoms. The molecule has 8 heteroatoms. The topological polar surface area (TPSA) is 137 Å². The fraction of sp³-hybridized carbons (Fsp3) is 0.562. The smallest absolute Gasteiger partial charge is 0.229 e. The van der Waals surface area contributed by atoms with Crippen LogP contribution in [0.15, 0.2) is 18.2 Å². The monoisotopic (exact) mass is 342 g/mol. The van der Waals surface area contributed by atoms with E-state index in [1.54, 1.807) is 0 Å². The largest absolute Gasteiger partial charge is 0.462 e. The molecule has 2 rings (SSSR count). The van der Waals surface area contributed by atoms with E-state index in [9.17, 15) is 20.1 Å². The summed E-state index contributed by atoms with van der Waals surface area (Å²) in [5.41, 5.74) is 1.03. The molecule has 0 radical (unpaired) electrons. The SMILES string of the molecule is CC(=O)c1ccc(O[C@@H]2O[C@H](CO)[C@@H](O)[C@H](O)[C@H]2O)cc1CCO. The first-order valence-electron chi connectivity index (χ1n) is 7.61. The summed E-state index contributed by atoms with van der Waals surface area (Å²) < 4.78 is 10.8. The van der Waals surface area contributed by atoms with Crippen LogP contribution in [0.3, 0.4) is 0 Å². The maximum Gasteiger partial charge on any atom is 0.229 e. The molecule has 1 aliphatic heterocycles. The van der Waals surface area contributed by atoms with Gasteiger partial charge in [-0.2, -0.15) is 0 Å². The molecule has 24 heavy (non-hydrogen) atoms. The quantitative estimate of drug-likeness (QED) is 0.398.